The fourth-order valence-electron chi connectivity index (χ4n) is 2.25. The number of carbonyl (C=O) groups is 1. The van der Waals surface area contributed by atoms with Crippen molar-refractivity contribution in [2.75, 3.05) is 7.11 Å². The number of hydrogen-bond acceptors (Lipinski definition) is 2. The van der Waals surface area contributed by atoms with E-state index in [1.807, 2.05) is 6.08 Å². The number of methoxy groups -OCH3 is 1. The molecule has 0 amide bonds. The highest BCUT2D eigenvalue weighted by Crippen LogP contribution is 2.26. The van der Waals surface area contributed by atoms with Crippen molar-refractivity contribution >= 4 is 5.78 Å². The van der Waals surface area contributed by atoms with Crippen molar-refractivity contribution in [3.05, 3.63) is 41.2 Å². The van der Waals surface area contributed by atoms with E-state index in [0.717, 1.165) is 37.7 Å². The molecule has 0 fully saturated rings. The molecule has 0 heterocycles. The van der Waals surface area contributed by atoms with Crippen LogP contribution in [0.25, 0.3) is 0 Å². The molecule has 0 saturated heterocycles. The summed E-state index contributed by atoms with van der Waals surface area (Å²) in [6, 6.07) is 4.06. The lowest BCUT2D eigenvalue weighted by atomic mass is 9.99. The third-order valence-corrected chi connectivity index (χ3v) is 3.24. The Morgan fingerprint density at radius 2 is 2.11 bits per heavy atom. The van der Waals surface area contributed by atoms with Gasteiger partial charge < -0.3 is 4.74 Å². The van der Waals surface area contributed by atoms with Crippen molar-refractivity contribution in [2.24, 2.45) is 0 Å². The molecule has 0 bridgehead atoms. The number of allylic oxidation sites excluding steroid dienone is 2. The van der Waals surface area contributed by atoms with E-state index in [4.69, 9.17) is 4.74 Å². The van der Waals surface area contributed by atoms with E-state index in [2.05, 4.69) is 0 Å². The molecule has 2 rings (SSSR count). The van der Waals surface area contributed by atoms with Gasteiger partial charge in [-0.3, -0.25) is 4.79 Å². The fraction of sp³-hybridized carbons (Fsp3) is 0.400. The van der Waals surface area contributed by atoms with Gasteiger partial charge in [0.05, 0.1) is 12.7 Å². The summed E-state index contributed by atoms with van der Waals surface area (Å²) in [6.45, 7) is 0. The summed E-state index contributed by atoms with van der Waals surface area (Å²) < 4.78 is 18.4. The standard InChI is InChI=1S/C15H17FO2/c1-18-14-9-8-12(16)10-13(14)15(17)11-6-4-2-3-5-7-11/h6,8-10H,2-5,7H2,1H3. The summed E-state index contributed by atoms with van der Waals surface area (Å²) >= 11 is 0. The van der Waals surface area contributed by atoms with E-state index in [1.54, 1.807) is 0 Å². The Kier molecular flexibility index (Phi) is 4.13. The fourth-order valence-corrected chi connectivity index (χ4v) is 2.25. The van der Waals surface area contributed by atoms with E-state index in [-0.39, 0.29) is 5.78 Å². The van der Waals surface area contributed by atoms with Crippen LogP contribution >= 0.6 is 0 Å². The van der Waals surface area contributed by atoms with Gasteiger partial charge in [-0.05, 0) is 49.5 Å². The normalized spacial score (nSPS) is 15.8. The predicted molar refractivity (Wildman–Crippen MR) is 68.5 cm³/mol. The molecule has 0 saturated carbocycles. The highest BCUT2D eigenvalue weighted by atomic mass is 19.1. The van der Waals surface area contributed by atoms with Gasteiger partial charge in [-0.25, -0.2) is 4.39 Å². The maximum Gasteiger partial charge on any atom is 0.192 e. The van der Waals surface area contributed by atoms with Crippen LogP contribution in [0, 0.1) is 5.82 Å². The van der Waals surface area contributed by atoms with Crippen molar-refractivity contribution < 1.29 is 13.9 Å². The molecular weight excluding hydrogens is 231 g/mol. The smallest absolute Gasteiger partial charge is 0.192 e. The number of Topliss-reactive ketones (excluding diaryl/α,β-unsaturated/α-hetero) is 1. The van der Waals surface area contributed by atoms with Gasteiger partial charge in [-0.15, -0.1) is 0 Å². The number of ketones is 1. The molecule has 1 aliphatic rings. The Balaban J connectivity index is 2.32. The third kappa shape index (κ3) is 2.78. The van der Waals surface area contributed by atoms with Crippen LogP contribution in [0.3, 0.4) is 0 Å². The SMILES string of the molecule is COc1ccc(F)cc1C(=O)C1=CCCCCC1. The first kappa shape index (κ1) is 12.8. The van der Waals surface area contributed by atoms with Crippen LogP contribution in [-0.2, 0) is 0 Å². The van der Waals surface area contributed by atoms with Crippen molar-refractivity contribution in [1.29, 1.82) is 0 Å². The predicted octanol–water partition coefficient (Wildman–Crippen LogP) is 3.91. The van der Waals surface area contributed by atoms with Gasteiger partial charge in [-0.1, -0.05) is 12.5 Å². The summed E-state index contributed by atoms with van der Waals surface area (Å²) in [5.41, 5.74) is 1.11. The Bertz CT molecular complexity index is 477. The van der Waals surface area contributed by atoms with Gasteiger partial charge in [0.15, 0.2) is 5.78 Å². The summed E-state index contributed by atoms with van der Waals surface area (Å²) in [5.74, 6) is -0.0758. The third-order valence-electron chi connectivity index (χ3n) is 3.24. The first-order valence-electron chi connectivity index (χ1n) is 6.29. The Morgan fingerprint density at radius 3 is 2.89 bits per heavy atom. The van der Waals surface area contributed by atoms with E-state index < -0.39 is 5.82 Å². The Morgan fingerprint density at radius 1 is 1.28 bits per heavy atom. The molecule has 0 spiro atoms. The lowest BCUT2D eigenvalue weighted by Crippen LogP contribution is -2.06. The second-order valence-electron chi connectivity index (χ2n) is 4.50. The van der Waals surface area contributed by atoms with Crippen LogP contribution in [0.2, 0.25) is 0 Å². The van der Waals surface area contributed by atoms with Crippen molar-refractivity contribution in [2.45, 2.75) is 32.1 Å². The quantitative estimate of drug-likeness (QED) is 0.758. The van der Waals surface area contributed by atoms with Crippen molar-refractivity contribution in [1.82, 2.24) is 0 Å². The average Bonchev–Trinajstić information content (AvgIpc) is 2.66. The van der Waals surface area contributed by atoms with Crippen LogP contribution in [0.15, 0.2) is 29.8 Å². The topological polar surface area (TPSA) is 26.3 Å². The molecule has 1 aromatic carbocycles. The molecule has 0 N–H and O–H groups in total. The number of halogens is 1. The molecule has 0 aromatic heterocycles. The molecule has 96 valence electrons. The molecular formula is C15H17FO2. The number of ether oxygens (including phenoxy) is 1. The molecule has 18 heavy (non-hydrogen) atoms. The maximum atomic E-state index is 13.3. The molecule has 0 radical (unpaired) electrons. The van der Waals surface area contributed by atoms with Gasteiger partial charge in [0.1, 0.15) is 11.6 Å². The first-order chi connectivity index (χ1) is 8.72. The Labute approximate surface area is 106 Å². The second kappa shape index (κ2) is 5.80. The van der Waals surface area contributed by atoms with Crippen LogP contribution < -0.4 is 4.74 Å². The number of benzene rings is 1. The zero-order valence-corrected chi connectivity index (χ0v) is 10.5. The van der Waals surface area contributed by atoms with Gasteiger partial charge in [0, 0.05) is 0 Å². The molecule has 1 aliphatic carbocycles. The summed E-state index contributed by atoms with van der Waals surface area (Å²) in [5, 5.41) is 0. The van der Waals surface area contributed by atoms with Gasteiger partial charge in [0.25, 0.3) is 0 Å². The second-order valence-corrected chi connectivity index (χ2v) is 4.50. The first-order valence-corrected chi connectivity index (χ1v) is 6.29. The van der Waals surface area contributed by atoms with Crippen LogP contribution in [0.1, 0.15) is 42.5 Å². The van der Waals surface area contributed by atoms with Crippen LogP contribution in [-0.4, -0.2) is 12.9 Å². The molecule has 2 nitrogen and oxygen atoms in total. The summed E-state index contributed by atoms with van der Waals surface area (Å²) in [6.07, 6.45) is 6.98. The van der Waals surface area contributed by atoms with E-state index >= 15 is 0 Å². The largest absolute Gasteiger partial charge is 0.496 e. The van der Waals surface area contributed by atoms with Gasteiger partial charge >= 0.3 is 0 Å². The zero-order valence-electron chi connectivity index (χ0n) is 10.5. The molecule has 0 unspecified atom stereocenters. The van der Waals surface area contributed by atoms with E-state index in [0.29, 0.717) is 11.3 Å². The van der Waals surface area contributed by atoms with Crippen LogP contribution in [0.5, 0.6) is 5.75 Å². The number of hydrogen-bond donors (Lipinski definition) is 0. The minimum Gasteiger partial charge on any atom is -0.496 e. The summed E-state index contributed by atoms with van der Waals surface area (Å²) in [7, 11) is 1.49. The van der Waals surface area contributed by atoms with Gasteiger partial charge in [-0.2, -0.15) is 0 Å². The number of rotatable bonds is 3. The minimum atomic E-state index is -0.409. The molecule has 1 aromatic rings. The highest BCUT2D eigenvalue weighted by molar-refractivity contribution is 6.10. The van der Waals surface area contributed by atoms with Crippen molar-refractivity contribution in [3.8, 4) is 5.75 Å². The van der Waals surface area contributed by atoms with Crippen LogP contribution in [0.4, 0.5) is 4.39 Å². The zero-order chi connectivity index (χ0) is 13.0. The highest BCUT2D eigenvalue weighted by Gasteiger charge is 2.18. The van der Waals surface area contributed by atoms with Gasteiger partial charge in [0.2, 0.25) is 0 Å². The molecule has 3 heteroatoms. The molecule has 0 atom stereocenters. The lowest BCUT2D eigenvalue weighted by molar-refractivity contribution is 0.102. The molecule has 0 aliphatic heterocycles. The lowest BCUT2D eigenvalue weighted by Gasteiger charge is -2.09. The van der Waals surface area contributed by atoms with E-state index in [9.17, 15) is 9.18 Å². The minimum absolute atomic E-state index is 0.103. The summed E-state index contributed by atoms with van der Waals surface area (Å²) in [4.78, 5) is 12.4. The average molecular weight is 248 g/mol. The van der Waals surface area contributed by atoms with E-state index in [1.165, 1.54) is 25.3 Å². The monoisotopic (exact) mass is 248 g/mol. The van der Waals surface area contributed by atoms with Crippen molar-refractivity contribution in [3.63, 3.8) is 0 Å². The number of carbonyl (C=O) groups excluding carboxylic acids is 1. The Hall–Kier alpha value is -1.64. The maximum absolute atomic E-state index is 13.3.